The maximum atomic E-state index is 6.57. The molecule has 0 N–H and O–H groups in total. The predicted octanol–water partition coefficient (Wildman–Crippen LogP) is 4.79. The first-order chi connectivity index (χ1) is 9.74. The van der Waals surface area contributed by atoms with Crippen LogP contribution in [0.1, 0.15) is 44.9 Å². The summed E-state index contributed by atoms with van der Waals surface area (Å²) < 4.78 is 11.5. The highest BCUT2D eigenvalue weighted by molar-refractivity contribution is 6.21. The second-order valence-corrected chi connectivity index (χ2v) is 6.66. The first-order valence-electron chi connectivity index (χ1n) is 7.69. The van der Waals surface area contributed by atoms with E-state index in [0.29, 0.717) is 0 Å². The van der Waals surface area contributed by atoms with Crippen LogP contribution in [0.5, 0.6) is 11.5 Å². The summed E-state index contributed by atoms with van der Waals surface area (Å²) in [6, 6.07) is 7.89. The zero-order chi connectivity index (χ0) is 14.0. The highest BCUT2D eigenvalue weighted by Gasteiger charge is 2.55. The van der Waals surface area contributed by atoms with Gasteiger partial charge in [-0.1, -0.05) is 31.7 Å². The van der Waals surface area contributed by atoms with Gasteiger partial charge in [-0.05, 0) is 25.0 Å². The van der Waals surface area contributed by atoms with Gasteiger partial charge in [-0.2, -0.15) is 0 Å². The zero-order valence-corrected chi connectivity index (χ0v) is 12.9. The zero-order valence-electron chi connectivity index (χ0n) is 12.1. The van der Waals surface area contributed by atoms with E-state index in [9.17, 15) is 0 Å². The summed E-state index contributed by atoms with van der Waals surface area (Å²) in [5, 5.41) is 0.288. The number of benzene rings is 1. The Balaban J connectivity index is 1.73. The predicted molar refractivity (Wildman–Crippen MR) is 81.8 cm³/mol. The first kappa shape index (κ1) is 14.1. The van der Waals surface area contributed by atoms with Crippen LogP contribution >= 0.6 is 11.6 Å². The van der Waals surface area contributed by atoms with Crippen LogP contribution in [-0.4, -0.2) is 18.6 Å². The topological polar surface area (TPSA) is 18.5 Å². The number of ether oxygens (including phenoxy) is 2. The fourth-order valence-corrected chi connectivity index (χ4v) is 4.25. The van der Waals surface area contributed by atoms with E-state index in [2.05, 4.69) is 0 Å². The number of rotatable bonds is 3. The molecule has 2 nitrogen and oxygen atoms in total. The molecule has 110 valence electrons. The Morgan fingerprint density at radius 3 is 2.45 bits per heavy atom. The summed E-state index contributed by atoms with van der Waals surface area (Å²) in [7, 11) is 1.68. The molecule has 0 heterocycles. The fraction of sp³-hybridized carbons (Fsp3) is 0.647. The molecule has 0 aliphatic heterocycles. The third-order valence-corrected chi connectivity index (χ3v) is 5.65. The van der Waals surface area contributed by atoms with Crippen LogP contribution in [0.2, 0.25) is 0 Å². The van der Waals surface area contributed by atoms with E-state index in [-0.39, 0.29) is 16.9 Å². The minimum atomic E-state index is 0.209. The highest BCUT2D eigenvalue weighted by atomic mass is 35.5. The molecule has 2 atom stereocenters. The molecule has 1 aromatic carbocycles. The standard InChI is InChI=1S/C17H23ClO2/c1-19-13-7-6-8-14(11-13)20-16-12-15(18)17(16)9-4-2-3-5-10-17/h6-8,11,15-16H,2-5,9-10,12H2,1H3. The molecule has 3 rings (SSSR count). The lowest BCUT2D eigenvalue weighted by atomic mass is 9.61. The van der Waals surface area contributed by atoms with Gasteiger partial charge in [-0.15, -0.1) is 11.6 Å². The lowest BCUT2D eigenvalue weighted by molar-refractivity contribution is -0.0513. The van der Waals surface area contributed by atoms with E-state index in [1.165, 1.54) is 38.5 Å². The van der Waals surface area contributed by atoms with Gasteiger partial charge in [0.1, 0.15) is 17.6 Å². The summed E-state index contributed by atoms with van der Waals surface area (Å²) in [5.74, 6) is 1.75. The second kappa shape index (κ2) is 5.85. The van der Waals surface area contributed by atoms with Crippen molar-refractivity contribution in [1.82, 2.24) is 0 Å². The minimum Gasteiger partial charge on any atom is -0.497 e. The summed E-state index contributed by atoms with van der Waals surface area (Å²) in [6.07, 6.45) is 8.96. The van der Waals surface area contributed by atoms with E-state index in [1.807, 2.05) is 24.3 Å². The van der Waals surface area contributed by atoms with Crippen molar-refractivity contribution in [3.05, 3.63) is 24.3 Å². The van der Waals surface area contributed by atoms with Crippen molar-refractivity contribution in [1.29, 1.82) is 0 Å². The van der Waals surface area contributed by atoms with Crippen LogP contribution in [0.25, 0.3) is 0 Å². The van der Waals surface area contributed by atoms with Crippen molar-refractivity contribution >= 4 is 11.6 Å². The third kappa shape index (κ3) is 2.50. The minimum absolute atomic E-state index is 0.209. The van der Waals surface area contributed by atoms with Gasteiger partial charge in [-0.3, -0.25) is 0 Å². The van der Waals surface area contributed by atoms with Gasteiger partial charge in [0.25, 0.3) is 0 Å². The molecule has 0 bridgehead atoms. The normalized spacial score (nSPS) is 28.5. The molecule has 2 fully saturated rings. The van der Waals surface area contributed by atoms with Crippen molar-refractivity contribution in [3.63, 3.8) is 0 Å². The van der Waals surface area contributed by atoms with E-state index in [0.717, 1.165) is 17.9 Å². The number of halogens is 1. The van der Waals surface area contributed by atoms with E-state index in [4.69, 9.17) is 21.1 Å². The van der Waals surface area contributed by atoms with Crippen LogP contribution in [-0.2, 0) is 0 Å². The Kier molecular flexibility index (Phi) is 4.11. The molecular weight excluding hydrogens is 272 g/mol. The smallest absolute Gasteiger partial charge is 0.123 e. The van der Waals surface area contributed by atoms with Gasteiger partial charge in [0.2, 0.25) is 0 Å². The molecular formula is C17H23ClO2. The monoisotopic (exact) mass is 294 g/mol. The Bertz CT molecular complexity index is 452. The summed E-state index contributed by atoms with van der Waals surface area (Å²) in [5.41, 5.74) is 0.209. The molecule has 20 heavy (non-hydrogen) atoms. The molecule has 0 aromatic heterocycles. The third-order valence-electron chi connectivity index (χ3n) is 5.04. The van der Waals surface area contributed by atoms with Crippen molar-refractivity contribution in [2.75, 3.05) is 7.11 Å². The van der Waals surface area contributed by atoms with E-state index >= 15 is 0 Å². The van der Waals surface area contributed by atoms with Gasteiger partial charge in [-0.25, -0.2) is 0 Å². The lowest BCUT2D eigenvalue weighted by Crippen LogP contribution is -2.57. The molecule has 2 aliphatic rings. The van der Waals surface area contributed by atoms with Crippen LogP contribution < -0.4 is 9.47 Å². The van der Waals surface area contributed by atoms with Gasteiger partial charge in [0.15, 0.2) is 0 Å². The van der Waals surface area contributed by atoms with Crippen LogP contribution in [0.4, 0.5) is 0 Å². The second-order valence-electron chi connectivity index (χ2n) is 6.14. The van der Waals surface area contributed by atoms with Crippen molar-refractivity contribution in [2.45, 2.75) is 56.4 Å². The molecule has 0 radical (unpaired) electrons. The molecule has 0 saturated heterocycles. The summed E-state index contributed by atoms with van der Waals surface area (Å²) in [4.78, 5) is 0. The molecule has 0 amide bonds. The lowest BCUT2D eigenvalue weighted by Gasteiger charge is -2.53. The molecule has 1 spiro atoms. The first-order valence-corrected chi connectivity index (χ1v) is 8.13. The van der Waals surface area contributed by atoms with E-state index < -0.39 is 0 Å². The number of hydrogen-bond donors (Lipinski definition) is 0. The quantitative estimate of drug-likeness (QED) is 0.746. The Morgan fingerprint density at radius 1 is 1.10 bits per heavy atom. The van der Waals surface area contributed by atoms with Crippen LogP contribution in [0.3, 0.4) is 0 Å². The molecule has 3 heteroatoms. The van der Waals surface area contributed by atoms with Gasteiger partial charge >= 0.3 is 0 Å². The fourth-order valence-electron chi connectivity index (χ4n) is 3.72. The number of hydrogen-bond acceptors (Lipinski definition) is 2. The Hall–Kier alpha value is -0.890. The van der Waals surface area contributed by atoms with Gasteiger partial charge < -0.3 is 9.47 Å². The largest absolute Gasteiger partial charge is 0.497 e. The maximum Gasteiger partial charge on any atom is 0.123 e. The molecule has 1 aromatic rings. The average molecular weight is 295 g/mol. The van der Waals surface area contributed by atoms with Crippen LogP contribution in [0.15, 0.2) is 24.3 Å². The van der Waals surface area contributed by atoms with E-state index in [1.54, 1.807) is 7.11 Å². The Labute approximate surface area is 126 Å². The van der Waals surface area contributed by atoms with Crippen LogP contribution in [0, 0.1) is 5.41 Å². The number of methoxy groups -OCH3 is 1. The number of alkyl halides is 1. The molecule has 2 aliphatic carbocycles. The molecule has 2 unspecified atom stereocenters. The molecule has 2 saturated carbocycles. The van der Waals surface area contributed by atoms with Crippen molar-refractivity contribution in [3.8, 4) is 11.5 Å². The van der Waals surface area contributed by atoms with Crippen molar-refractivity contribution < 1.29 is 9.47 Å². The summed E-state index contributed by atoms with van der Waals surface area (Å²) in [6.45, 7) is 0. The SMILES string of the molecule is COc1cccc(OC2CC(Cl)C23CCCCCC3)c1. The average Bonchev–Trinajstić information content (AvgIpc) is 2.75. The van der Waals surface area contributed by atoms with Crippen molar-refractivity contribution in [2.24, 2.45) is 5.41 Å². The highest BCUT2D eigenvalue weighted by Crippen LogP contribution is 2.55. The van der Waals surface area contributed by atoms with Gasteiger partial charge in [0.05, 0.1) is 7.11 Å². The summed E-state index contributed by atoms with van der Waals surface area (Å²) >= 11 is 6.57. The van der Waals surface area contributed by atoms with Gasteiger partial charge in [0, 0.05) is 23.3 Å². The maximum absolute atomic E-state index is 6.57. The Morgan fingerprint density at radius 2 is 1.80 bits per heavy atom.